The number of phosphoric ester groups is 2. The van der Waals surface area contributed by atoms with Gasteiger partial charge < -0.3 is 33.8 Å². The molecule has 3 N–H and O–H groups in total. The van der Waals surface area contributed by atoms with Crippen LogP contribution >= 0.6 is 15.6 Å². The molecule has 6 atom stereocenters. The Morgan fingerprint density at radius 1 is 0.271 bits per heavy atom. The van der Waals surface area contributed by atoms with Gasteiger partial charge in [-0.2, -0.15) is 0 Å². The quantitative estimate of drug-likeness (QED) is 0.0222. The zero-order valence-corrected chi connectivity index (χ0v) is 72.4. The van der Waals surface area contributed by atoms with Crippen LogP contribution in [0.2, 0.25) is 0 Å². The lowest BCUT2D eigenvalue weighted by molar-refractivity contribution is -0.161. The molecule has 0 amide bonds. The SMILES string of the molecule is CCCCCCCCCCCCCC(=O)OC[C@H](COP(=O)(O)OC[C@H](O)COP(=O)(O)OC[C@@H](COC(=O)CCCCCCCCCCCCCCCCCCC(C)C)OC(=O)CCCCCCCCCCCCCCCCCCC(C)C)OC(=O)CCCCCCCCCCCCCCCCC(C)CC. The molecule has 0 spiro atoms. The van der Waals surface area contributed by atoms with Crippen LogP contribution < -0.4 is 0 Å². The average Bonchev–Trinajstić information content (AvgIpc) is 0.914. The third-order valence-electron chi connectivity index (χ3n) is 21.0. The molecule has 0 aliphatic heterocycles. The molecule has 0 aromatic heterocycles. The van der Waals surface area contributed by atoms with Gasteiger partial charge in [-0.05, 0) is 43.4 Å². The van der Waals surface area contributed by atoms with Crippen molar-refractivity contribution in [3.63, 3.8) is 0 Å². The van der Waals surface area contributed by atoms with Crippen molar-refractivity contribution in [1.29, 1.82) is 0 Å². The Morgan fingerprint density at radius 3 is 0.710 bits per heavy atom. The van der Waals surface area contributed by atoms with Crippen LogP contribution in [0.15, 0.2) is 0 Å². The summed E-state index contributed by atoms with van der Waals surface area (Å²) in [5, 5.41) is 10.7. The topological polar surface area (TPSA) is 237 Å². The van der Waals surface area contributed by atoms with Gasteiger partial charge in [-0.1, -0.05) is 414 Å². The molecular formula is C88H172O17P2. The fraction of sp³-hybridized carbons (Fsp3) is 0.955. The number of unbranched alkanes of at least 4 members (excludes halogenated alkanes) is 53. The maximum absolute atomic E-state index is 13.2. The number of hydrogen-bond donors (Lipinski definition) is 3. The molecule has 0 fully saturated rings. The molecule has 0 aromatic carbocycles. The lowest BCUT2D eigenvalue weighted by atomic mass is 9.99. The van der Waals surface area contributed by atoms with E-state index < -0.39 is 97.5 Å². The first-order valence-electron chi connectivity index (χ1n) is 45.4. The van der Waals surface area contributed by atoms with Gasteiger partial charge in [0.05, 0.1) is 26.4 Å². The van der Waals surface area contributed by atoms with Crippen LogP contribution in [0.4, 0.5) is 0 Å². The van der Waals surface area contributed by atoms with Crippen molar-refractivity contribution in [3.05, 3.63) is 0 Å². The zero-order chi connectivity index (χ0) is 78.6. The molecule has 17 nitrogen and oxygen atoms in total. The summed E-state index contributed by atoms with van der Waals surface area (Å²) in [6.07, 6.45) is 69.3. The van der Waals surface area contributed by atoms with E-state index in [1.54, 1.807) is 0 Å². The summed E-state index contributed by atoms with van der Waals surface area (Å²) in [4.78, 5) is 73.3. The molecule has 0 bridgehead atoms. The summed E-state index contributed by atoms with van der Waals surface area (Å²) in [6.45, 7) is 12.1. The maximum Gasteiger partial charge on any atom is 0.472 e. The molecule has 19 heteroatoms. The zero-order valence-electron chi connectivity index (χ0n) is 70.6. The van der Waals surface area contributed by atoms with E-state index in [-0.39, 0.29) is 25.7 Å². The number of aliphatic hydroxyl groups is 1. The summed E-state index contributed by atoms with van der Waals surface area (Å²) in [5.41, 5.74) is 0. The van der Waals surface area contributed by atoms with Gasteiger partial charge in [0.2, 0.25) is 0 Å². The first-order chi connectivity index (χ1) is 51.8. The highest BCUT2D eigenvalue weighted by Crippen LogP contribution is 2.45. The van der Waals surface area contributed by atoms with E-state index in [2.05, 4.69) is 48.5 Å². The molecule has 107 heavy (non-hydrogen) atoms. The summed E-state index contributed by atoms with van der Waals surface area (Å²) in [7, 11) is -9.93. The monoisotopic (exact) mass is 1560 g/mol. The second-order valence-corrected chi connectivity index (χ2v) is 35.7. The predicted octanol–water partition coefficient (Wildman–Crippen LogP) is 26.9. The summed E-state index contributed by atoms with van der Waals surface area (Å²) >= 11 is 0. The Bertz CT molecular complexity index is 2060. The molecule has 0 rings (SSSR count). The molecule has 0 aliphatic carbocycles. The van der Waals surface area contributed by atoms with Gasteiger partial charge in [0.15, 0.2) is 12.2 Å². The minimum atomic E-state index is -4.97. The minimum absolute atomic E-state index is 0.108. The number of rotatable bonds is 86. The molecule has 0 saturated carbocycles. The van der Waals surface area contributed by atoms with Crippen LogP contribution in [-0.2, 0) is 65.4 Å². The third-order valence-corrected chi connectivity index (χ3v) is 22.9. The van der Waals surface area contributed by atoms with Crippen LogP contribution in [0, 0.1) is 17.8 Å². The third kappa shape index (κ3) is 80.5. The van der Waals surface area contributed by atoms with E-state index in [1.807, 2.05) is 0 Å². The Kier molecular flexibility index (Phi) is 76.6. The Morgan fingerprint density at radius 2 is 0.477 bits per heavy atom. The number of carbonyl (C=O) groups is 4. The van der Waals surface area contributed by atoms with Crippen LogP contribution in [0.25, 0.3) is 0 Å². The fourth-order valence-corrected chi connectivity index (χ4v) is 15.3. The van der Waals surface area contributed by atoms with Crippen molar-refractivity contribution in [2.75, 3.05) is 39.6 Å². The summed E-state index contributed by atoms with van der Waals surface area (Å²) in [5.74, 6) is 0.368. The first-order valence-corrected chi connectivity index (χ1v) is 48.4. The van der Waals surface area contributed by atoms with Gasteiger partial charge in [-0.25, -0.2) is 9.13 Å². The summed E-state index contributed by atoms with van der Waals surface area (Å²) < 4.78 is 69.0. The Balaban J connectivity index is 5.25. The van der Waals surface area contributed by atoms with Gasteiger partial charge in [0.25, 0.3) is 0 Å². The number of hydrogen-bond acceptors (Lipinski definition) is 15. The van der Waals surface area contributed by atoms with Crippen molar-refractivity contribution < 1.29 is 80.2 Å². The van der Waals surface area contributed by atoms with E-state index >= 15 is 0 Å². The smallest absolute Gasteiger partial charge is 0.462 e. The van der Waals surface area contributed by atoms with E-state index in [4.69, 9.17) is 37.0 Å². The van der Waals surface area contributed by atoms with Crippen LogP contribution in [0.5, 0.6) is 0 Å². The standard InChI is InChI=1S/C88H172O17P2/c1-8-10-11-12-13-14-31-41-48-55-62-69-85(90)98-75-83(104-88(93)72-65-58-51-44-37-30-24-23-27-34-40-47-54-61-68-81(7)9-2)77-102-106(94,95)100-73-82(89)74-101-107(96,97)103-78-84(105-87(92)71-64-57-50-43-36-29-22-18-16-20-26-33-39-46-53-60-67-80(5)6)76-99-86(91)70-63-56-49-42-35-28-21-17-15-19-25-32-38-45-52-59-66-79(3)4/h79-84,89H,8-78H2,1-7H3,(H,94,95)(H,96,97)/t81?,82-,83+,84+/m0/s1. The van der Waals surface area contributed by atoms with Crippen LogP contribution in [-0.4, -0.2) is 96.7 Å². The second kappa shape index (κ2) is 78.0. The molecule has 0 saturated heterocycles. The number of carbonyl (C=O) groups excluding carboxylic acids is 4. The highest BCUT2D eigenvalue weighted by atomic mass is 31.2. The number of ether oxygens (including phenoxy) is 4. The first kappa shape index (κ1) is 105. The Hall–Kier alpha value is -1.94. The predicted molar refractivity (Wildman–Crippen MR) is 441 cm³/mol. The van der Waals surface area contributed by atoms with E-state index in [0.717, 1.165) is 108 Å². The highest BCUT2D eigenvalue weighted by Gasteiger charge is 2.31. The Labute approximate surface area is 658 Å². The van der Waals surface area contributed by atoms with E-state index in [1.165, 1.54) is 276 Å². The van der Waals surface area contributed by atoms with Gasteiger partial charge >= 0.3 is 39.5 Å². The van der Waals surface area contributed by atoms with Gasteiger partial charge in [-0.3, -0.25) is 37.3 Å². The number of aliphatic hydroxyl groups excluding tert-OH is 1. The van der Waals surface area contributed by atoms with E-state index in [0.29, 0.717) is 25.7 Å². The van der Waals surface area contributed by atoms with Crippen molar-refractivity contribution in [1.82, 2.24) is 0 Å². The number of esters is 4. The minimum Gasteiger partial charge on any atom is -0.462 e. The molecule has 0 heterocycles. The molecular weight excluding hydrogens is 1390 g/mol. The molecule has 636 valence electrons. The van der Waals surface area contributed by atoms with Crippen molar-refractivity contribution >= 4 is 39.5 Å². The molecule has 0 aromatic rings. The molecule has 3 unspecified atom stereocenters. The van der Waals surface area contributed by atoms with Gasteiger partial charge in [0.1, 0.15) is 19.3 Å². The molecule has 0 aliphatic rings. The van der Waals surface area contributed by atoms with Gasteiger partial charge in [0, 0.05) is 25.7 Å². The largest absolute Gasteiger partial charge is 0.472 e. The fourth-order valence-electron chi connectivity index (χ4n) is 13.7. The highest BCUT2D eigenvalue weighted by molar-refractivity contribution is 7.47. The van der Waals surface area contributed by atoms with Crippen molar-refractivity contribution in [2.24, 2.45) is 17.8 Å². The number of phosphoric acid groups is 2. The van der Waals surface area contributed by atoms with Crippen molar-refractivity contribution in [2.45, 2.75) is 484 Å². The van der Waals surface area contributed by atoms with Crippen LogP contribution in [0.3, 0.4) is 0 Å². The summed E-state index contributed by atoms with van der Waals surface area (Å²) in [6, 6.07) is 0. The van der Waals surface area contributed by atoms with Gasteiger partial charge in [-0.15, -0.1) is 0 Å². The van der Waals surface area contributed by atoms with Crippen molar-refractivity contribution in [3.8, 4) is 0 Å². The molecule has 0 radical (unpaired) electrons. The maximum atomic E-state index is 13.2. The lowest BCUT2D eigenvalue weighted by Gasteiger charge is -2.21. The van der Waals surface area contributed by atoms with E-state index in [9.17, 15) is 43.2 Å². The average molecular weight is 1560 g/mol. The lowest BCUT2D eigenvalue weighted by Crippen LogP contribution is -2.30. The second-order valence-electron chi connectivity index (χ2n) is 32.8. The normalized spacial score (nSPS) is 14.1. The van der Waals surface area contributed by atoms with Crippen LogP contribution in [0.1, 0.15) is 466 Å².